The molecule has 0 spiro atoms. The van der Waals surface area contributed by atoms with E-state index in [1.54, 1.807) is 0 Å². The van der Waals surface area contributed by atoms with E-state index in [9.17, 15) is 4.79 Å². The van der Waals surface area contributed by atoms with Gasteiger partial charge in [0.15, 0.2) is 0 Å². The predicted molar refractivity (Wildman–Crippen MR) is 89.9 cm³/mol. The standard InChI is InChI=1S/C17H22N2OS/c1-5-19(6-2)16(20)11-21-15-10-13(4)14-9-7-8-12(3)17(14)18-15/h7-10H,5-6,11H2,1-4H3. The second-order valence-corrected chi connectivity index (χ2v) is 6.10. The van der Waals surface area contributed by atoms with Crippen LogP contribution in [0.4, 0.5) is 0 Å². The lowest BCUT2D eigenvalue weighted by Crippen LogP contribution is -2.31. The van der Waals surface area contributed by atoms with Gasteiger partial charge < -0.3 is 4.90 Å². The molecule has 4 heteroatoms. The van der Waals surface area contributed by atoms with E-state index in [1.807, 2.05) is 18.7 Å². The molecule has 3 nitrogen and oxygen atoms in total. The largest absolute Gasteiger partial charge is 0.343 e. The van der Waals surface area contributed by atoms with Crippen LogP contribution in [0.2, 0.25) is 0 Å². The second-order valence-electron chi connectivity index (χ2n) is 5.10. The molecule has 0 fully saturated rings. The molecule has 1 heterocycles. The van der Waals surface area contributed by atoms with Gasteiger partial charge in [-0.3, -0.25) is 4.79 Å². The number of amides is 1. The maximum atomic E-state index is 12.1. The Balaban J connectivity index is 2.20. The second kappa shape index (κ2) is 6.94. The van der Waals surface area contributed by atoms with Gasteiger partial charge >= 0.3 is 0 Å². The first-order chi connectivity index (χ1) is 10.1. The van der Waals surface area contributed by atoms with Crippen molar-refractivity contribution in [1.29, 1.82) is 0 Å². The number of nitrogens with zero attached hydrogens (tertiary/aromatic N) is 2. The third-order valence-corrected chi connectivity index (χ3v) is 4.58. The summed E-state index contributed by atoms with van der Waals surface area (Å²) >= 11 is 1.52. The summed E-state index contributed by atoms with van der Waals surface area (Å²) in [5, 5.41) is 2.12. The highest BCUT2D eigenvalue weighted by Crippen LogP contribution is 2.25. The van der Waals surface area contributed by atoms with Crippen LogP contribution in [0, 0.1) is 13.8 Å². The summed E-state index contributed by atoms with van der Waals surface area (Å²) in [5.74, 6) is 0.625. The number of carbonyl (C=O) groups is 1. The zero-order valence-electron chi connectivity index (χ0n) is 13.1. The SMILES string of the molecule is CCN(CC)C(=O)CSc1cc(C)c2cccc(C)c2n1. The van der Waals surface area contributed by atoms with Crippen molar-refractivity contribution in [2.45, 2.75) is 32.7 Å². The van der Waals surface area contributed by atoms with E-state index in [0.29, 0.717) is 5.75 Å². The Hall–Kier alpha value is -1.55. The van der Waals surface area contributed by atoms with Crippen molar-refractivity contribution in [2.24, 2.45) is 0 Å². The van der Waals surface area contributed by atoms with Crippen LogP contribution in [0.5, 0.6) is 0 Å². The molecule has 112 valence electrons. The predicted octanol–water partition coefficient (Wildman–Crippen LogP) is 3.81. The minimum Gasteiger partial charge on any atom is -0.343 e. The summed E-state index contributed by atoms with van der Waals surface area (Å²) in [7, 11) is 0. The molecule has 0 aliphatic heterocycles. The number of para-hydroxylation sites is 1. The molecule has 21 heavy (non-hydrogen) atoms. The Bertz CT molecular complexity index is 651. The molecule has 0 saturated heterocycles. The normalized spacial score (nSPS) is 10.9. The third-order valence-electron chi connectivity index (χ3n) is 3.68. The van der Waals surface area contributed by atoms with Gasteiger partial charge in [0, 0.05) is 18.5 Å². The lowest BCUT2D eigenvalue weighted by atomic mass is 10.1. The molecular formula is C17H22N2OS. The first-order valence-electron chi connectivity index (χ1n) is 7.34. The topological polar surface area (TPSA) is 33.2 Å². The van der Waals surface area contributed by atoms with Gasteiger partial charge in [0.05, 0.1) is 16.3 Å². The Kier molecular flexibility index (Phi) is 5.23. The average molecular weight is 302 g/mol. The fourth-order valence-corrected chi connectivity index (χ4v) is 3.28. The number of aromatic nitrogens is 1. The molecular weight excluding hydrogens is 280 g/mol. The quantitative estimate of drug-likeness (QED) is 0.787. The minimum atomic E-state index is 0.175. The molecule has 0 bridgehead atoms. The molecule has 0 aliphatic carbocycles. The Morgan fingerprint density at radius 1 is 1.19 bits per heavy atom. The van der Waals surface area contributed by atoms with Gasteiger partial charge in [-0.1, -0.05) is 30.0 Å². The highest BCUT2D eigenvalue weighted by Gasteiger charge is 2.11. The monoisotopic (exact) mass is 302 g/mol. The number of pyridine rings is 1. The number of hydrogen-bond acceptors (Lipinski definition) is 3. The molecule has 1 aromatic carbocycles. The Morgan fingerprint density at radius 3 is 2.57 bits per heavy atom. The van der Waals surface area contributed by atoms with Crippen molar-refractivity contribution < 1.29 is 4.79 Å². The lowest BCUT2D eigenvalue weighted by molar-refractivity contribution is -0.127. The molecule has 1 aromatic heterocycles. The van der Waals surface area contributed by atoms with Crippen molar-refractivity contribution in [2.75, 3.05) is 18.8 Å². The molecule has 0 atom stereocenters. The van der Waals surface area contributed by atoms with E-state index < -0.39 is 0 Å². The number of benzene rings is 1. The Labute approximate surface area is 130 Å². The number of hydrogen-bond donors (Lipinski definition) is 0. The van der Waals surface area contributed by atoms with Gasteiger partial charge in [-0.2, -0.15) is 0 Å². The first-order valence-corrected chi connectivity index (χ1v) is 8.32. The zero-order chi connectivity index (χ0) is 15.4. The summed E-state index contributed by atoms with van der Waals surface area (Å²) in [6.07, 6.45) is 0. The zero-order valence-corrected chi connectivity index (χ0v) is 14.0. The van der Waals surface area contributed by atoms with Crippen LogP contribution in [0.3, 0.4) is 0 Å². The van der Waals surface area contributed by atoms with Crippen molar-refractivity contribution in [3.05, 3.63) is 35.4 Å². The van der Waals surface area contributed by atoms with Crippen molar-refractivity contribution in [1.82, 2.24) is 9.88 Å². The van der Waals surface area contributed by atoms with E-state index in [1.165, 1.54) is 28.3 Å². The fourth-order valence-electron chi connectivity index (χ4n) is 2.41. The van der Waals surface area contributed by atoms with E-state index in [4.69, 9.17) is 4.98 Å². The number of aryl methyl sites for hydroxylation is 2. The summed E-state index contributed by atoms with van der Waals surface area (Å²) in [5.41, 5.74) is 3.42. The average Bonchev–Trinajstić information content (AvgIpc) is 2.47. The van der Waals surface area contributed by atoms with Gasteiger partial charge in [-0.15, -0.1) is 0 Å². The highest BCUT2D eigenvalue weighted by atomic mass is 32.2. The van der Waals surface area contributed by atoms with Gasteiger partial charge in [-0.05, 0) is 44.9 Å². The van der Waals surface area contributed by atoms with Gasteiger partial charge in [-0.25, -0.2) is 4.98 Å². The van der Waals surface area contributed by atoms with Crippen LogP contribution < -0.4 is 0 Å². The summed E-state index contributed by atoms with van der Waals surface area (Å²) in [6, 6.07) is 8.30. The third kappa shape index (κ3) is 3.56. The van der Waals surface area contributed by atoms with Crippen LogP contribution in [-0.4, -0.2) is 34.6 Å². The molecule has 1 amide bonds. The van der Waals surface area contributed by atoms with Crippen LogP contribution in [0.15, 0.2) is 29.3 Å². The summed E-state index contributed by atoms with van der Waals surface area (Å²) in [6.45, 7) is 9.71. The lowest BCUT2D eigenvalue weighted by Gasteiger charge is -2.18. The van der Waals surface area contributed by atoms with E-state index in [2.05, 4.69) is 38.1 Å². The molecule has 0 saturated carbocycles. The molecule has 0 N–H and O–H groups in total. The number of carbonyl (C=O) groups excluding carboxylic acids is 1. The smallest absolute Gasteiger partial charge is 0.232 e. The molecule has 2 aromatic rings. The number of fused-ring (bicyclic) bond motifs is 1. The van der Waals surface area contributed by atoms with Crippen LogP contribution in [0.25, 0.3) is 10.9 Å². The van der Waals surface area contributed by atoms with E-state index in [-0.39, 0.29) is 5.91 Å². The summed E-state index contributed by atoms with van der Waals surface area (Å²) in [4.78, 5) is 18.6. The molecule has 0 radical (unpaired) electrons. The first kappa shape index (κ1) is 15.8. The van der Waals surface area contributed by atoms with Crippen molar-refractivity contribution >= 4 is 28.6 Å². The van der Waals surface area contributed by atoms with Crippen LogP contribution >= 0.6 is 11.8 Å². The van der Waals surface area contributed by atoms with Gasteiger partial charge in [0.25, 0.3) is 0 Å². The fraction of sp³-hybridized carbons (Fsp3) is 0.412. The number of rotatable bonds is 5. The Morgan fingerprint density at radius 2 is 1.90 bits per heavy atom. The van der Waals surface area contributed by atoms with Gasteiger partial charge in [0.2, 0.25) is 5.91 Å². The van der Waals surface area contributed by atoms with Crippen LogP contribution in [0.1, 0.15) is 25.0 Å². The van der Waals surface area contributed by atoms with Crippen LogP contribution in [-0.2, 0) is 4.79 Å². The maximum absolute atomic E-state index is 12.1. The molecule has 0 unspecified atom stereocenters. The van der Waals surface area contributed by atoms with Gasteiger partial charge in [0.1, 0.15) is 0 Å². The maximum Gasteiger partial charge on any atom is 0.232 e. The number of thioether (sulfide) groups is 1. The summed E-state index contributed by atoms with van der Waals surface area (Å²) < 4.78 is 0. The molecule has 0 aliphatic rings. The van der Waals surface area contributed by atoms with Crippen molar-refractivity contribution in [3.8, 4) is 0 Å². The van der Waals surface area contributed by atoms with Crippen molar-refractivity contribution in [3.63, 3.8) is 0 Å². The minimum absolute atomic E-state index is 0.175. The van der Waals surface area contributed by atoms with E-state index >= 15 is 0 Å². The molecule has 2 rings (SSSR count). The highest BCUT2D eigenvalue weighted by molar-refractivity contribution is 7.99. The van der Waals surface area contributed by atoms with E-state index in [0.717, 1.165) is 23.6 Å².